The maximum atomic E-state index is 13.1. The topological polar surface area (TPSA) is 111 Å². The van der Waals surface area contributed by atoms with E-state index in [-0.39, 0.29) is 18.9 Å². The zero-order valence-electron chi connectivity index (χ0n) is 20.7. The first kappa shape index (κ1) is 29.1. The number of carbonyl (C=O) groups excluding carboxylic acids is 4. The lowest BCUT2D eigenvalue weighted by Gasteiger charge is -2.24. The Bertz CT molecular complexity index is 843. The quantitative estimate of drug-likeness (QED) is 0.295. The molecular formula is C25H37FN2O6. The number of unbranched alkanes of at least 4 members (excludes halogenated alkanes) is 1. The minimum Gasteiger partial charge on any atom is -0.496 e. The molecule has 8 nitrogen and oxygen atoms in total. The number of hydrogen-bond acceptors (Lipinski definition) is 6. The molecule has 0 fully saturated rings. The number of Topliss-reactive ketones (excluding diaryl/α,β-unsaturated/α-hetero) is 1. The van der Waals surface area contributed by atoms with Crippen LogP contribution in [0.25, 0.3) is 0 Å². The van der Waals surface area contributed by atoms with Gasteiger partial charge in [0.05, 0.1) is 26.6 Å². The summed E-state index contributed by atoms with van der Waals surface area (Å²) in [5.74, 6) is -2.48. The second-order valence-electron chi connectivity index (χ2n) is 8.40. The van der Waals surface area contributed by atoms with Gasteiger partial charge in [-0.05, 0) is 30.4 Å². The summed E-state index contributed by atoms with van der Waals surface area (Å²) in [5, 5.41) is 5.10. The lowest BCUT2D eigenvalue weighted by atomic mass is 10.0. The van der Waals surface area contributed by atoms with E-state index >= 15 is 0 Å². The summed E-state index contributed by atoms with van der Waals surface area (Å²) in [6.45, 7) is 6.24. The van der Waals surface area contributed by atoms with Crippen LogP contribution in [-0.2, 0) is 36.8 Å². The molecule has 0 aliphatic heterocycles. The van der Waals surface area contributed by atoms with Gasteiger partial charge >= 0.3 is 5.97 Å². The molecular weight excluding hydrogens is 443 g/mol. The smallest absolute Gasteiger partial charge is 0.308 e. The molecule has 0 spiro atoms. The molecule has 0 aliphatic rings. The van der Waals surface area contributed by atoms with Gasteiger partial charge in [-0.25, -0.2) is 4.39 Å². The molecule has 2 N–H and O–H groups in total. The number of amides is 2. The highest BCUT2D eigenvalue weighted by Gasteiger charge is 2.30. The largest absolute Gasteiger partial charge is 0.496 e. The number of ether oxygens (including phenoxy) is 2. The Kier molecular flexibility index (Phi) is 12.8. The maximum Gasteiger partial charge on any atom is 0.308 e. The third-order valence-electron chi connectivity index (χ3n) is 5.34. The van der Waals surface area contributed by atoms with E-state index in [4.69, 9.17) is 9.47 Å². The Balaban J connectivity index is 2.89. The van der Waals surface area contributed by atoms with Crippen LogP contribution in [0.4, 0.5) is 4.39 Å². The van der Waals surface area contributed by atoms with E-state index in [1.165, 1.54) is 7.11 Å². The lowest BCUT2D eigenvalue weighted by molar-refractivity contribution is -0.146. The number of hydrogen-bond donors (Lipinski definition) is 2. The van der Waals surface area contributed by atoms with Gasteiger partial charge in [-0.2, -0.15) is 0 Å². The average Bonchev–Trinajstić information content (AvgIpc) is 2.81. The van der Waals surface area contributed by atoms with Crippen LogP contribution in [-0.4, -0.2) is 56.0 Å². The Morgan fingerprint density at radius 3 is 2.35 bits per heavy atom. The molecule has 2 unspecified atom stereocenters. The number of alkyl halides is 1. The minimum absolute atomic E-state index is 0.00981. The molecule has 1 rings (SSSR count). The molecule has 0 saturated heterocycles. The summed E-state index contributed by atoms with van der Waals surface area (Å²) in [6.07, 6.45) is 1.79. The van der Waals surface area contributed by atoms with E-state index in [2.05, 4.69) is 10.6 Å². The normalized spacial score (nSPS) is 12.6. The van der Waals surface area contributed by atoms with Crippen LogP contribution in [0.5, 0.6) is 5.75 Å². The van der Waals surface area contributed by atoms with Crippen LogP contribution in [0.3, 0.4) is 0 Å². The third-order valence-corrected chi connectivity index (χ3v) is 5.34. The highest BCUT2D eigenvalue weighted by molar-refractivity contribution is 5.95. The lowest BCUT2D eigenvalue weighted by Crippen LogP contribution is -2.54. The molecule has 34 heavy (non-hydrogen) atoms. The number of nitrogens with one attached hydrogen (secondary N) is 2. The van der Waals surface area contributed by atoms with E-state index < -0.39 is 48.7 Å². The highest BCUT2D eigenvalue weighted by Crippen LogP contribution is 2.21. The first-order valence-corrected chi connectivity index (χ1v) is 11.7. The Morgan fingerprint density at radius 2 is 1.79 bits per heavy atom. The van der Waals surface area contributed by atoms with Gasteiger partial charge in [0.25, 0.3) is 0 Å². The first-order chi connectivity index (χ1) is 16.2. The summed E-state index contributed by atoms with van der Waals surface area (Å²) in [7, 11) is 1.52. The summed E-state index contributed by atoms with van der Waals surface area (Å²) in [6, 6.07) is 3.23. The molecule has 0 bridgehead atoms. The molecule has 0 saturated carbocycles. The monoisotopic (exact) mass is 480 g/mol. The maximum absolute atomic E-state index is 13.1. The predicted octanol–water partition coefficient (Wildman–Crippen LogP) is 2.70. The number of rotatable bonds is 15. The van der Waals surface area contributed by atoms with Gasteiger partial charge in [0.1, 0.15) is 24.5 Å². The van der Waals surface area contributed by atoms with Crippen molar-refractivity contribution >= 4 is 23.6 Å². The second kappa shape index (κ2) is 15.0. The fourth-order valence-corrected chi connectivity index (χ4v) is 3.28. The Labute approximate surface area is 201 Å². The van der Waals surface area contributed by atoms with Crippen molar-refractivity contribution in [1.82, 2.24) is 10.6 Å². The predicted molar refractivity (Wildman–Crippen MR) is 126 cm³/mol. The van der Waals surface area contributed by atoms with Gasteiger partial charge in [0.15, 0.2) is 5.78 Å². The fraction of sp³-hybridized carbons (Fsp3) is 0.600. The van der Waals surface area contributed by atoms with E-state index in [1.807, 2.05) is 26.0 Å². The van der Waals surface area contributed by atoms with Gasteiger partial charge < -0.3 is 20.1 Å². The van der Waals surface area contributed by atoms with Gasteiger partial charge in [-0.15, -0.1) is 0 Å². The zero-order chi connectivity index (χ0) is 25.7. The molecule has 0 heterocycles. The summed E-state index contributed by atoms with van der Waals surface area (Å²) in [5.41, 5.74) is 1.72. The standard InChI is InChI=1S/C25H37FN2O6/c1-6-8-11-34-23(31)14-19(20(29)15-26)27-25(32)24(16(3)4)28-22(30)13-18-12-17(7-2)9-10-21(18)33-5/h9-10,12,16,19,24H,6-8,11,13-15H2,1-5H3,(H,27,32)(H,28,30). The highest BCUT2D eigenvalue weighted by atomic mass is 19.1. The van der Waals surface area contributed by atoms with E-state index in [0.29, 0.717) is 17.7 Å². The number of esters is 1. The van der Waals surface area contributed by atoms with Crippen molar-refractivity contribution in [2.24, 2.45) is 5.92 Å². The van der Waals surface area contributed by atoms with E-state index in [1.54, 1.807) is 19.9 Å². The number of methoxy groups -OCH3 is 1. The molecule has 2 amide bonds. The Hall–Kier alpha value is -2.97. The molecule has 9 heteroatoms. The van der Waals surface area contributed by atoms with E-state index in [9.17, 15) is 23.6 Å². The number of aryl methyl sites for hydroxylation is 1. The molecule has 1 aromatic carbocycles. The molecule has 1 aromatic rings. The van der Waals surface area contributed by atoms with Crippen molar-refractivity contribution in [1.29, 1.82) is 0 Å². The zero-order valence-corrected chi connectivity index (χ0v) is 20.7. The average molecular weight is 481 g/mol. The number of carbonyl (C=O) groups is 4. The van der Waals surface area contributed by atoms with Gasteiger partial charge in [-0.1, -0.05) is 46.2 Å². The molecule has 2 atom stereocenters. The van der Waals surface area contributed by atoms with Crippen molar-refractivity contribution in [3.05, 3.63) is 29.3 Å². The first-order valence-electron chi connectivity index (χ1n) is 11.7. The van der Waals surface area contributed by atoms with Crippen LogP contribution < -0.4 is 15.4 Å². The van der Waals surface area contributed by atoms with Gasteiger partial charge in [-0.3, -0.25) is 19.2 Å². The van der Waals surface area contributed by atoms with Gasteiger partial charge in [0.2, 0.25) is 11.8 Å². The second-order valence-corrected chi connectivity index (χ2v) is 8.40. The molecule has 0 aliphatic carbocycles. The fourth-order valence-electron chi connectivity index (χ4n) is 3.28. The van der Waals surface area contributed by atoms with Crippen LogP contribution >= 0.6 is 0 Å². The SMILES string of the molecule is CCCCOC(=O)CC(NC(=O)C(NC(=O)Cc1cc(CC)ccc1OC)C(C)C)C(=O)CF. The van der Waals surface area contributed by atoms with Crippen LogP contribution in [0.2, 0.25) is 0 Å². The molecule has 0 aromatic heterocycles. The van der Waals surface area contributed by atoms with Crippen molar-refractivity contribution in [3.8, 4) is 5.75 Å². The van der Waals surface area contributed by atoms with Crippen LogP contribution in [0.1, 0.15) is 58.1 Å². The molecule has 190 valence electrons. The summed E-state index contributed by atoms with van der Waals surface area (Å²) >= 11 is 0. The number of halogens is 1. The van der Waals surface area contributed by atoms with Crippen LogP contribution in [0.15, 0.2) is 18.2 Å². The van der Waals surface area contributed by atoms with Crippen LogP contribution in [0, 0.1) is 5.92 Å². The Morgan fingerprint density at radius 1 is 1.09 bits per heavy atom. The van der Waals surface area contributed by atoms with Crippen molar-refractivity contribution < 1.29 is 33.0 Å². The number of benzene rings is 1. The van der Waals surface area contributed by atoms with Crippen molar-refractivity contribution in [2.75, 3.05) is 20.4 Å². The van der Waals surface area contributed by atoms with E-state index in [0.717, 1.165) is 18.4 Å². The summed E-state index contributed by atoms with van der Waals surface area (Å²) in [4.78, 5) is 49.6. The van der Waals surface area contributed by atoms with Crippen molar-refractivity contribution in [2.45, 2.75) is 71.9 Å². The minimum atomic E-state index is -1.37. The van der Waals surface area contributed by atoms with Gasteiger partial charge in [0, 0.05) is 5.56 Å². The third kappa shape index (κ3) is 9.49. The molecule has 0 radical (unpaired) electrons. The number of ketones is 1. The van der Waals surface area contributed by atoms with Crippen molar-refractivity contribution in [3.63, 3.8) is 0 Å². The summed E-state index contributed by atoms with van der Waals surface area (Å²) < 4.78 is 23.4.